The quantitative estimate of drug-likeness (QED) is 0.530. The van der Waals surface area contributed by atoms with Gasteiger partial charge in [-0.3, -0.25) is 4.79 Å². The topological polar surface area (TPSA) is 90.0 Å². The van der Waals surface area contributed by atoms with Gasteiger partial charge in [-0.1, -0.05) is 36.4 Å². The van der Waals surface area contributed by atoms with Gasteiger partial charge in [-0.05, 0) is 31.5 Å². The summed E-state index contributed by atoms with van der Waals surface area (Å²) in [6, 6.07) is 12.9. The highest BCUT2D eigenvalue weighted by Crippen LogP contribution is 2.22. The molecule has 1 saturated heterocycles. The van der Waals surface area contributed by atoms with Gasteiger partial charge in [0.2, 0.25) is 15.8 Å². The maximum Gasteiger partial charge on any atom is 0.339 e. The van der Waals surface area contributed by atoms with Crippen molar-refractivity contribution in [3.8, 4) is 0 Å². The standard InChI is InChI=1S/C21H23NO6S/c1-15-8-9-18(29(25,26)22-10-12-27-13-11-22)14-19(15)21(24)28-16(2)20(23)17-6-4-3-5-7-17/h3-9,14,16H,10-13H2,1-2H3/t16-/m1/s1. The summed E-state index contributed by atoms with van der Waals surface area (Å²) < 4.78 is 37.6. The molecule has 1 atom stereocenters. The molecule has 8 heteroatoms. The van der Waals surface area contributed by atoms with Gasteiger partial charge in [0.1, 0.15) is 0 Å². The van der Waals surface area contributed by atoms with E-state index in [9.17, 15) is 18.0 Å². The molecule has 1 aliphatic rings. The minimum absolute atomic E-state index is 0.0130. The lowest BCUT2D eigenvalue weighted by Crippen LogP contribution is -2.40. The third kappa shape index (κ3) is 4.72. The van der Waals surface area contributed by atoms with Crippen LogP contribution in [0.3, 0.4) is 0 Å². The number of Topliss-reactive ketones (excluding diaryl/α,β-unsaturated/α-hetero) is 1. The SMILES string of the molecule is Cc1ccc(S(=O)(=O)N2CCOCC2)cc1C(=O)O[C@H](C)C(=O)c1ccccc1. The second-order valence-corrected chi connectivity index (χ2v) is 8.71. The number of carbonyl (C=O) groups excluding carboxylic acids is 2. The highest BCUT2D eigenvalue weighted by molar-refractivity contribution is 7.89. The average Bonchev–Trinajstić information content (AvgIpc) is 2.74. The molecule has 0 saturated carbocycles. The van der Waals surface area contributed by atoms with Crippen LogP contribution in [0.4, 0.5) is 0 Å². The van der Waals surface area contributed by atoms with E-state index in [4.69, 9.17) is 9.47 Å². The molecule has 0 radical (unpaired) electrons. The van der Waals surface area contributed by atoms with Crippen molar-refractivity contribution in [3.63, 3.8) is 0 Å². The molecular formula is C21H23NO6S. The van der Waals surface area contributed by atoms with Crippen LogP contribution >= 0.6 is 0 Å². The number of esters is 1. The molecular weight excluding hydrogens is 394 g/mol. The van der Waals surface area contributed by atoms with Crippen LogP contribution in [0.2, 0.25) is 0 Å². The first-order valence-corrected chi connectivity index (χ1v) is 10.7. The Morgan fingerprint density at radius 2 is 1.72 bits per heavy atom. The van der Waals surface area contributed by atoms with Gasteiger partial charge in [0, 0.05) is 18.7 Å². The van der Waals surface area contributed by atoms with Gasteiger partial charge < -0.3 is 9.47 Å². The molecule has 7 nitrogen and oxygen atoms in total. The molecule has 1 fully saturated rings. The van der Waals surface area contributed by atoms with Gasteiger partial charge in [-0.25, -0.2) is 13.2 Å². The van der Waals surface area contributed by atoms with Crippen molar-refractivity contribution in [1.82, 2.24) is 4.31 Å². The van der Waals surface area contributed by atoms with Crippen LogP contribution in [-0.2, 0) is 19.5 Å². The summed E-state index contributed by atoms with van der Waals surface area (Å²) in [6.07, 6.45) is -0.996. The van der Waals surface area contributed by atoms with Crippen LogP contribution in [-0.4, -0.2) is 56.9 Å². The number of ether oxygens (including phenoxy) is 2. The van der Waals surface area contributed by atoms with Crippen LogP contribution in [0.1, 0.15) is 33.2 Å². The summed E-state index contributed by atoms with van der Waals surface area (Å²) >= 11 is 0. The Kier molecular flexibility index (Phi) is 6.46. The molecule has 154 valence electrons. The zero-order valence-corrected chi connectivity index (χ0v) is 17.1. The predicted octanol–water partition coefficient (Wildman–Crippen LogP) is 2.44. The maximum absolute atomic E-state index is 12.9. The molecule has 0 N–H and O–H groups in total. The average molecular weight is 417 g/mol. The van der Waals surface area contributed by atoms with E-state index in [1.807, 2.05) is 0 Å². The first-order chi connectivity index (χ1) is 13.8. The Hall–Kier alpha value is -2.55. The van der Waals surface area contributed by atoms with Crippen molar-refractivity contribution in [1.29, 1.82) is 0 Å². The lowest BCUT2D eigenvalue weighted by Gasteiger charge is -2.26. The summed E-state index contributed by atoms with van der Waals surface area (Å²) in [7, 11) is -3.74. The van der Waals surface area contributed by atoms with Crippen molar-refractivity contribution in [2.75, 3.05) is 26.3 Å². The third-order valence-electron chi connectivity index (χ3n) is 4.75. The zero-order chi connectivity index (χ0) is 21.0. The molecule has 0 amide bonds. The van der Waals surface area contributed by atoms with Crippen LogP contribution in [0.25, 0.3) is 0 Å². The number of ketones is 1. The summed E-state index contributed by atoms with van der Waals surface area (Å²) in [6.45, 7) is 4.37. The number of benzene rings is 2. The molecule has 0 bridgehead atoms. The molecule has 2 aromatic rings. The number of sulfonamides is 1. The highest BCUT2D eigenvalue weighted by Gasteiger charge is 2.28. The van der Waals surface area contributed by atoms with Crippen molar-refractivity contribution in [3.05, 3.63) is 65.2 Å². The van der Waals surface area contributed by atoms with E-state index in [0.29, 0.717) is 24.3 Å². The van der Waals surface area contributed by atoms with Crippen LogP contribution < -0.4 is 0 Å². The van der Waals surface area contributed by atoms with E-state index in [2.05, 4.69) is 0 Å². The molecule has 1 aliphatic heterocycles. The number of aryl methyl sites for hydroxylation is 1. The van der Waals surface area contributed by atoms with Crippen LogP contribution in [0.5, 0.6) is 0 Å². The Bertz CT molecular complexity index is 997. The monoisotopic (exact) mass is 417 g/mol. The Morgan fingerprint density at radius 1 is 1.07 bits per heavy atom. The largest absolute Gasteiger partial charge is 0.451 e. The first-order valence-electron chi connectivity index (χ1n) is 9.29. The highest BCUT2D eigenvalue weighted by atomic mass is 32.2. The minimum Gasteiger partial charge on any atom is -0.451 e. The van der Waals surface area contributed by atoms with Gasteiger partial charge in [0.25, 0.3) is 0 Å². The van der Waals surface area contributed by atoms with Crippen LogP contribution in [0.15, 0.2) is 53.4 Å². The maximum atomic E-state index is 12.9. The van der Waals surface area contributed by atoms with Crippen molar-refractivity contribution < 1.29 is 27.5 Å². The second-order valence-electron chi connectivity index (χ2n) is 6.77. The van der Waals surface area contributed by atoms with Gasteiger partial charge in [-0.15, -0.1) is 0 Å². The van der Waals surface area contributed by atoms with E-state index in [0.717, 1.165) is 0 Å². The van der Waals surface area contributed by atoms with E-state index in [-0.39, 0.29) is 29.3 Å². The molecule has 29 heavy (non-hydrogen) atoms. The summed E-state index contributed by atoms with van der Waals surface area (Å²) in [5.41, 5.74) is 1.12. The number of carbonyl (C=O) groups is 2. The number of morpholine rings is 1. The lowest BCUT2D eigenvalue weighted by molar-refractivity contribution is 0.0318. The third-order valence-corrected chi connectivity index (χ3v) is 6.64. The lowest BCUT2D eigenvalue weighted by atomic mass is 10.1. The smallest absolute Gasteiger partial charge is 0.339 e. The second kappa shape index (κ2) is 8.86. The molecule has 3 rings (SSSR count). The van der Waals surface area contributed by atoms with E-state index in [1.165, 1.54) is 23.4 Å². The zero-order valence-electron chi connectivity index (χ0n) is 16.3. The Morgan fingerprint density at radius 3 is 2.38 bits per heavy atom. The molecule has 0 spiro atoms. The predicted molar refractivity (Wildman–Crippen MR) is 106 cm³/mol. The fourth-order valence-corrected chi connectivity index (χ4v) is 4.47. The van der Waals surface area contributed by atoms with E-state index in [1.54, 1.807) is 43.3 Å². The van der Waals surface area contributed by atoms with E-state index >= 15 is 0 Å². The molecule has 2 aromatic carbocycles. The van der Waals surface area contributed by atoms with Crippen molar-refractivity contribution >= 4 is 21.8 Å². The minimum atomic E-state index is -3.74. The molecule has 0 aliphatic carbocycles. The molecule has 0 unspecified atom stereocenters. The number of hydrogen-bond donors (Lipinski definition) is 0. The van der Waals surface area contributed by atoms with Crippen LogP contribution in [0, 0.1) is 6.92 Å². The van der Waals surface area contributed by atoms with Gasteiger partial charge in [0.05, 0.1) is 23.7 Å². The van der Waals surface area contributed by atoms with Crippen molar-refractivity contribution in [2.24, 2.45) is 0 Å². The first kappa shape index (κ1) is 21.2. The molecule has 0 aromatic heterocycles. The van der Waals surface area contributed by atoms with Gasteiger partial charge >= 0.3 is 5.97 Å². The normalized spacial score (nSPS) is 16.2. The number of rotatable bonds is 6. The number of nitrogens with zero attached hydrogens (tertiary/aromatic N) is 1. The summed E-state index contributed by atoms with van der Waals surface area (Å²) in [5, 5.41) is 0. The fourth-order valence-electron chi connectivity index (χ4n) is 3.03. The summed E-state index contributed by atoms with van der Waals surface area (Å²) in [5.74, 6) is -1.06. The van der Waals surface area contributed by atoms with Gasteiger partial charge in [0.15, 0.2) is 6.10 Å². The molecule has 1 heterocycles. The van der Waals surface area contributed by atoms with Crippen molar-refractivity contribution in [2.45, 2.75) is 24.8 Å². The van der Waals surface area contributed by atoms with Gasteiger partial charge in [-0.2, -0.15) is 4.31 Å². The number of hydrogen-bond acceptors (Lipinski definition) is 6. The Labute approximate surface area is 170 Å². The fraction of sp³-hybridized carbons (Fsp3) is 0.333. The Balaban J connectivity index is 1.80. The van der Waals surface area contributed by atoms with E-state index < -0.39 is 22.1 Å². The summed E-state index contributed by atoms with van der Waals surface area (Å²) in [4.78, 5) is 25.1.